The second-order valence-electron chi connectivity index (χ2n) is 9.38. The first kappa shape index (κ1) is 24.0. The monoisotopic (exact) mass is 477 g/mol. The van der Waals surface area contributed by atoms with E-state index in [1.165, 1.54) is 23.2 Å². The van der Waals surface area contributed by atoms with Gasteiger partial charge in [0.1, 0.15) is 11.6 Å². The largest absolute Gasteiger partial charge is 0.484 e. The number of nitrogens with one attached hydrogen (secondary N) is 1. The molecule has 0 radical (unpaired) electrons. The maximum Gasteiger partial charge on any atom is 0.422 e. The number of carbonyl (C=O) groups is 2. The predicted octanol–water partition coefficient (Wildman–Crippen LogP) is 4.28. The highest BCUT2D eigenvalue weighted by Crippen LogP contribution is 2.45. The van der Waals surface area contributed by atoms with Gasteiger partial charge in [-0.3, -0.25) is 14.5 Å². The Kier molecular flexibility index (Phi) is 6.05. The maximum atomic E-state index is 13.3. The lowest BCUT2D eigenvalue weighted by atomic mass is 9.85. The van der Waals surface area contributed by atoms with Gasteiger partial charge >= 0.3 is 6.18 Å². The van der Waals surface area contributed by atoms with Crippen LogP contribution in [0.4, 0.5) is 24.7 Å². The van der Waals surface area contributed by atoms with E-state index >= 15 is 0 Å². The molecule has 1 N–H and O–H groups in total. The van der Waals surface area contributed by atoms with Crippen LogP contribution in [0.2, 0.25) is 0 Å². The number of hydrogen-bond acceptors (Lipinski definition) is 5. The van der Waals surface area contributed by atoms with Crippen molar-refractivity contribution in [2.75, 3.05) is 24.7 Å². The van der Waals surface area contributed by atoms with Crippen molar-refractivity contribution in [1.82, 2.24) is 10.3 Å². The lowest BCUT2D eigenvalue weighted by Crippen LogP contribution is -2.49. The summed E-state index contributed by atoms with van der Waals surface area (Å²) in [5.41, 5.74) is 0.227. The molecule has 10 heteroatoms. The fourth-order valence-corrected chi connectivity index (χ4v) is 4.17. The molecule has 2 aromatic rings. The third-order valence-corrected chi connectivity index (χ3v) is 6.27. The molecule has 4 rings (SSSR count). The van der Waals surface area contributed by atoms with Crippen LogP contribution in [-0.4, -0.2) is 48.3 Å². The van der Waals surface area contributed by atoms with Crippen LogP contribution in [-0.2, 0) is 14.9 Å². The predicted molar refractivity (Wildman–Crippen MR) is 118 cm³/mol. The average molecular weight is 477 g/mol. The molecule has 0 bridgehead atoms. The maximum absolute atomic E-state index is 13.3. The molecular formula is C24H26F3N3O4. The zero-order valence-electron chi connectivity index (χ0n) is 19.2. The smallest absolute Gasteiger partial charge is 0.422 e. The van der Waals surface area contributed by atoms with E-state index in [0.29, 0.717) is 42.9 Å². The molecule has 34 heavy (non-hydrogen) atoms. The number of aromatic nitrogens is 1. The highest BCUT2D eigenvalue weighted by molar-refractivity contribution is 6.12. The Hall–Kier alpha value is -3.14. The number of anilines is 2. The quantitative estimate of drug-likeness (QED) is 0.696. The van der Waals surface area contributed by atoms with Crippen molar-refractivity contribution >= 4 is 23.3 Å². The normalized spacial score (nSPS) is 19.0. The molecule has 0 spiro atoms. The number of benzene rings is 1. The first-order valence-corrected chi connectivity index (χ1v) is 10.9. The highest BCUT2D eigenvalue weighted by atomic mass is 19.4. The summed E-state index contributed by atoms with van der Waals surface area (Å²) in [5.74, 6) is -0.461. The number of ether oxygens (including phenoxy) is 2. The Labute approximate surface area is 195 Å². The summed E-state index contributed by atoms with van der Waals surface area (Å²) >= 11 is 0. The molecule has 2 amide bonds. The Balaban J connectivity index is 1.62. The number of hydrogen-bond donors (Lipinski definition) is 1. The van der Waals surface area contributed by atoms with Gasteiger partial charge in [0.05, 0.1) is 11.1 Å². The lowest BCUT2D eigenvalue weighted by molar-refractivity contribution is -0.153. The number of nitrogens with zero attached hydrogens (tertiary/aromatic N) is 2. The van der Waals surface area contributed by atoms with E-state index in [4.69, 9.17) is 9.47 Å². The van der Waals surface area contributed by atoms with Gasteiger partial charge in [0, 0.05) is 36.6 Å². The van der Waals surface area contributed by atoms with E-state index in [1.54, 1.807) is 32.0 Å². The molecule has 0 aliphatic carbocycles. The number of amides is 2. The zero-order valence-corrected chi connectivity index (χ0v) is 19.2. The molecule has 2 aliphatic rings. The molecule has 7 nitrogen and oxygen atoms in total. The molecule has 1 saturated heterocycles. The van der Waals surface area contributed by atoms with Crippen molar-refractivity contribution in [3.63, 3.8) is 0 Å². The standard InChI is InChI=1S/C24H26F3N3O4/c1-22(2)17-12-15(20(31)29-23(3)7-10-33-11-8-23)4-5-18(17)30(21(22)32)19-13-16(6-9-28-19)34-14-24(25,26)27/h4-6,9,12-13H,7-8,10-11,14H2,1-3H3,(H,29,31). The van der Waals surface area contributed by atoms with Crippen LogP contribution in [0.15, 0.2) is 36.5 Å². The molecule has 1 aromatic heterocycles. The van der Waals surface area contributed by atoms with Crippen molar-refractivity contribution in [3.05, 3.63) is 47.7 Å². The zero-order chi connectivity index (χ0) is 24.7. The van der Waals surface area contributed by atoms with Crippen LogP contribution < -0.4 is 15.0 Å². The van der Waals surface area contributed by atoms with E-state index in [0.717, 1.165) is 0 Å². The second-order valence-corrected chi connectivity index (χ2v) is 9.38. The summed E-state index contributed by atoms with van der Waals surface area (Å²) in [6.07, 6.45) is -1.78. The third kappa shape index (κ3) is 4.72. The SMILES string of the molecule is CC1(NC(=O)c2ccc3c(c2)C(C)(C)C(=O)N3c2cc(OCC(F)(F)F)ccn2)CCOCC1. The summed E-state index contributed by atoms with van der Waals surface area (Å²) in [5, 5.41) is 3.08. The molecule has 0 unspecified atom stereocenters. The van der Waals surface area contributed by atoms with Crippen LogP contribution >= 0.6 is 0 Å². The van der Waals surface area contributed by atoms with Crippen LogP contribution in [0.3, 0.4) is 0 Å². The Morgan fingerprint density at radius 2 is 1.88 bits per heavy atom. The topological polar surface area (TPSA) is 80.8 Å². The van der Waals surface area contributed by atoms with Gasteiger partial charge in [0.2, 0.25) is 5.91 Å². The number of carbonyl (C=O) groups excluding carboxylic acids is 2. The second kappa shape index (κ2) is 8.57. The van der Waals surface area contributed by atoms with Crippen LogP contribution in [0.1, 0.15) is 49.5 Å². The van der Waals surface area contributed by atoms with Gasteiger partial charge in [-0.2, -0.15) is 13.2 Å². The van der Waals surface area contributed by atoms with Gasteiger partial charge in [0.25, 0.3) is 5.91 Å². The third-order valence-electron chi connectivity index (χ3n) is 6.27. The van der Waals surface area contributed by atoms with E-state index < -0.39 is 18.2 Å². The molecule has 0 atom stereocenters. The summed E-state index contributed by atoms with van der Waals surface area (Å²) < 4.78 is 47.8. The minimum Gasteiger partial charge on any atom is -0.484 e. The number of alkyl halides is 3. The molecular weight excluding hydrogens is 451 g/mol. The van der Waals surface area contributed by atoms with Crippen LogP contribution in [0.25, 0.3) is 0 Å². The van der Waals surface area contributed by atoms with E-state index in [1.807, 2.05) is 6.92 Å². The molecule has 1 fully saturated rings. The molecule has 182 valence electrons. The fraction of sp³-hybridized carbons (Fsp3) is 0.458. The summed E-state index contributed by atoms with van der Waals surface area (Å²) in [7, 11) is 0. The van der Waals surface area contributed by atoms with Crippen molar-refractivity contribution in [2.24, 2.45) is 0 Å². The first-order chi connectivity index (χ1) is 15.9. The van der Waals surface area contributed by atoms with Gasteiger partial charge < -0.3 is 14.8 Å². The Bertz CT molecular complexity index is 1110. The Morgan fingerprint density at radius 1 is 1.18 bits per heavy atom. The Morgan fingerprint density at radius 3 is 2.56 bits per heavy atom. The summed E-state index contributed by atoms with van der Waals surface area (Å²) in [4.78, 5) is 31.8. The van der Waals surface area contributed by atoms with Gasteiger partial charge in [-0.05, 0) is 63.4 Å². The molecule has 0 saturated carbocycles. The van der Waals surface area contributed by atoms with E-state index in [-0.39, 0.29) is 28.9 Å². The minimum absolute atomic E-state index is 0.0536. The van der Waals surface area contributed by atoms with E-state index in [2.05, 4.69) is 10.3 Å². The highest BCUT2D eigenvalue weighted by Gasteiger charge is 2.45. The fourth-order valence-electron chi connectivity index (χ4n) is 4.17. The van der Waals surface area contributed by atoms with Gasteiger partial charge in [-0.25, -0.2) is 4.98 Å². The first-order valence-electron chi connectivity index (χ1n) is 10.9. The summed E-state index contributed by atoms with van der Waals surface area (Å²) in [6, 6.07) is 7.57. The number of rotatable bonds is 5. The molecule has 1 aromatic carbocycles. The van der Waals surface area contributed by atoms with Crippen LogP contribution in [0.5, 0.6) is 5.75 Å². The lowest BCUT2D eigenvalue weighted by Gasteiger charge is -2.34. The van der Waals surface area contributed by atoms with Crippen molar-refractivity contribution in [3.8, 4) is 5.75 Å². The van der Waals surface area contributed by atoms with Crippen molar-refractivity contribution in [1.29, 1.82) is 0 Å². The van der Waals surface area contributed by atoms with E-state index in [9.17, 15) is 22.8 Å². The summed E-state index contributed by atoms with van der Waals surface area (Å²) in [6.45, 7) is 5.16. The average Bonchev–Trinajstić information content (AvgIpc) is 2.97. The molecule has 3 heterocycles. The minimum atomic E-state index is -4.49. The van der Waals surface area contributed by atoms with Crippen LogP contribution in [0, 0.1) is 0 Å². The number of fused-ring (bicyclic) bond motifs is 1. The number of pyridine rings is 1. The van der Waals surface area contributed by atoms with Gasteiger partial charge in [0.15, 0.2) is 6.61 Å². The van der Waals surface area contributed by atoms with Crippen molar-refractivity contribution in [2.45, 2.75) is 50.7 Å². The van der Waals surface area contributed by atoms with Crippen molar-refractivity contribution < 1.29 is 32.2 Å². The van der Waals surface area contributed by atoms with Gasteiger partial charge in [-0.15, -0.1) is 0 Å². The molecule has 2 aliphatic heterocycles. The van der Waals surface area contributed by atoms with Gasteiger partial charge in [-0.1, -0.05) is 0 Å². The number of halogens is 3.